The predicted octanol–water partition coefficient (Wildman–Crippen LogP) is 7.40. The van der Waals surface area contributed by atoms with E-state index in [9.17, 15) is 26.3 Å². The Labute approximate surface area is 177 Å². The average Bonchev–Trinajstić information content (AvgIpc) is 2.71. The molecule has 0 bridgehead atoms. The molecular formula is C22H12F6N2S. The second-order valence-electron chi connectivity index (χ2n) is 6.86. The fraction of sp³-hybridized carbons (Fsp3) is 0.136. The van der Waals surface area contributed by atoms with Crippen LogP contribution in [0.5, 0.6) is 0 Å². The summed E-state index contributed by atoms with van der Waals surface area (Å²) in [5.41, 5.74) is -1.15. The monoisotopic (exact) mass is 450 g/mol. The van der Waals surface area contributed by atoms with E-state index in [4.69, 9.17) is 5.26 Å². The van der Waals surface area contributed by atoms with Gasteiger partial charge < -0.3 is 4.90 Å². The lowest BCUT2D eigenvalue weighted by atomic mass is 10.0. The third kappa shape index (κ3) is 4.21. The SMILES string of the molecule is N#Cc1ccc2c(c1)Sc1ccccc1N2Cc1cc(C(F)(F)F)cc(C(F)(F)F)c1. The van der Waals surface area contributed by atoms with Crippen molar-refractivity contribution in [2.24, 2.45) is 0 Å². The van der Waals surface area contributed by atoms with E-state index in [1.165, 1.54) is 11.8 Å². The first-order valence-corrected chi connectivity index (χ1v) is 9.75. The zero-order valence-corrected chi connectivity index (χ0v) is 16.4. The second kappa shape index (κ2) is 7.54. The molecule has 0 fully saturated rings. The first kappa shape index (κ1) is 21.1. The Morgan fingerprint density at radius 2 is 1.39 bits per heavy atom. The van der Waals surface area contributed by atoms with Crippen molar-refractivity contribution >= 4 is 23.1 Å². The van der Waals surface area contributed by atoms with E-state index in [1.54, 1.807) is 41.3 Å². The topological polar surface area (TPSA) is 27.0 Å². The smallest absolute Gasteiger partial charge is 0.335 e. The molecule has 9 heteroatoms. The van der Waals surface area contributed by atoms with Gasteiger partial charge in [0.25, 0.3) is 0 Å². The van der Waals surface area contributed by atoms with Gasteiger partial charge in [-0.05, 0) is 54.1 Å². The number of anilines is 2. The summed E-state index contributed by atoms with van der Waals surface area (Å²) in [7, 11) is 0. The quantitative estimate of drug-likeness (QED) is 0.381. The largest absolute Gasteiger partial charge is 0.416 e. The third-order valence-electron chi connectivity index (χ3n) is 4.74. The number of rotatable bonds is 2. The molecule has 31 heavy (non-hydrogen) atoms. The van der Waals surface area contributed by atoms with Crippen molar-refractivity contribution in [1.82, 2.24) is 0 Å². The minimum absolute atomic E-state index is 0.122. The third-order valence-corrected chi connectivity index (χ3v) is 5.86. The van der Waals surface area contributed by atoms with Gasteiger partial charge in [-0.3, -0.25) is 0 Å². The molecule has 0 spiro atoms. The van der Waals surface area contributed by atoms with Gasteiger partial charge >= 0.3 is 12.4 Å². The van der Waals surface area contributed by atoms with Crippen molar-refractivity contribution < 1.29 is 26.3 Å². The van der Waals surface area contributed by atoms with Crippen LogP contribution in [0.25, 0.3) is 0 Å². The lowest BCUT2D eigenvalue weighted by molar-refractivity contribution is -0.143. The number of nitrogens with zero attached hydrogens (tertiary/aromatic N) is 2. The zero-order valence-electron chi connectivity index (χ0n) is 15.6. The van der Waals surface area contributed by atoms with Crippen LogP contribution in [0.15, 0.2) is 70.5 Å². The summed E-state index contributed by atoms with van der Waals surface area (Å²) in [5.74, 6) is 0. The highest BCUT2D eigenvalue weighted by atomic mass is 32.2. The number of para-hydroxylation sites is 1. The summed E-state index contributed by atoms with van der Waals surface area (Å²) in [6, 6.07) is 15.6. The van der Waals surface area contributed by atoms with Crippen molar-refractivity contribution in [2.45, 2.75) is 28.7 Å². The minimum atomic E-state index is -4.91. The Kier molecular flexibility index (Phi) is 5.13. The molecule has 4 rings (SSSR count). The van der Waals surface area contributed by atoms with Crippen molar-refractivity contribution in [1.29, 1.82) is 5.26 Å². The van der Waals surface area contributed by atoms with E-state index in [2.05, 4.69) is 0 Å². The fourth-order valence-corrected chi connectivity index (χ4v) is 4.50. The van der Waals surface area contributed by atoms with Gasteiger partial charge in [0.1, 0.15) is 0 Å². The molecule has 0 saturated carbocycles. The van der Waals surface area contributed by atoms with Crippen LogP contribution >= 0.6 is 11.8 Å². The molecule has 0 saturated heterocycles. The summed E-state index contributed by atoms with van der Waals surface area (Å²) in [4.78, 5) is 3.15. The summed E-state index contributed by atoms with van der Waals surface area (Å²) >= 11 is 1.39. The number of hydrogen-bond donors (Lipinski definition) is 0. The number of benzene rings is 3. The van der Waals surface area contributed by atoms with Gasteiger partial charge in [-0.2, -0.15) is 31.6 Å². The molecule has 158 valence electrons. The van der Waals surface area contributed by atoms with Crippen LogP contribution in [0, 0.1) is 11.3 Å². The van der Waals surface area contributed by atoms with E-state index in [-0.39, 0.29) is 18.2 Å². The van der Waals surface area contributed by atoms with E-state index >= 15 is 0 Å². The Balaban J connectivity index is 1.84. The van der Waals surface area contributed by atoms with E-state index in [0.717, 1.165) is 17.0 Å². The molecule has 0 radical (unpaired) electrons. The summed E-state index contributed by atoms with van der Waals surface area (Å²) in [6.07, 6.45) is -9.82. The highest BCUT2D eigenvalue weighted by Crippen LogP contribution is 2.49. The fourth-order valence-electron chi connectivity index (χ4n) is 3.37. The summed E-state index contributed by atoms with van der Waals surface area (Å²) in [5, 5.41) is 9.16. The predicted molar refractivity (Wildman–Crippen MR) is 104 cm³/mol. The summed E-state index contributed by atoms with van der Waals surface area (Å²) < 4.78 is 79.6. The number of fused-ring (bicyclic) bond motifs is 2. The van der Waals surface area contributed by atoms with E-state index in [1.807, 2.05) is 12.1 Å². The van der Waals surface area contributed by atoms with Crippen LogP contribution in [0.1, 0.15) is 22.3 Å². The molecule has 0 amide bonds. The van der Waals surface area contributed by atoms with Crippen LogP contribution in [-0.4, -0.2) is 0 Å². The van der Waals surface area contributed by atoms with Gasteiger partial charge in [0, 0.05) is 16.3 Å². The zero-order chi connectivity index (χ0) is 22.4. The molecule has 3 aromatic carbocycles. The number of hydrogen-bond acceptors (Lipinski definition) is 3. The van der Waals surface area contributed by atoms with E-state index < -0.39 is 23.5 Å². The Morgan fingerprint density at radius 1 is 0.774 bits per heavy atom. The Bertz CT molecular complexity index is 1160. The number of alkyl halides is 6. The van der Waals surface area contributed by atoms with Crippen LogP contribution in [-0.2, 0) is 18.9 Å². The number of halogens is 6. The first-order valence-electron chi connectivity index (χ1n) is 8.93. The van der Waals surface area contributed by atoms with Crippen molar-refractivity contribution in [3.63, 3.8) is 0 Å². The van der Waals surface area contributed by atoms with Gasteiger partial charge in [0.2, 0.25) is 0 Å². The summed E-state index contributed by atoms with van der Waals surface area (Å²) in [6.45, 7) is -0.205. The molecule has 0 unspecified atom stereocenters. The first-order chi connectivity index (χ1) is 14.6. The Hall–Kier alpha value is -3.12. The average molecular weight is 450 g/mol. The normalized spacial score (nSPS) is 13.4. The Morgan fingerprint density at radius 3 is 2.00 bits per heavy atom. The molecule has 0 atom stereocenters. The van der Waals surface area contributed by atoms with Crippen LogP contribution in [0.2, 0.25) is 0 Å². The lowest BCUT2D eigenvalue weighted by Gasteiger charge is -2.33. The van der Waals surface area contributed by atoms with Gasteiger partial charge in [0.15, 0.2) is 0 Å². The maximum absolute atomic E-state index is 13.3. The second-order valence-corrected chi connectivity index (χ2v) is 7.95. The molecule has 1 aliphatic heterocycles. The van der Waals surface area contributed by atoms with Gasteiger partial charge in [-0.1, -0.05) is 23.9 Å². The molecule has 3 aromatic rings. The maximum Gasteiger partial charge on any atom is 0.416 e. The highest BCUT2D eigenvalue weighted by Gasteiger charge is 2.37. The number of nitriles is 1. The van der Waals surface area contributed by atoms with Gasteiger partial charge in [-0.25, -0.2) is 0 Å². The highest BCUT2D eigenvalue weighted by molar-refractivity contribution is 7.99. The van der Waals surface area contributed by atoms with Crippen molar-refractivity contribution in [3.8, 4) is 6.07 Å². The molecule has 2 nitrogen and oxygen atoms in total. The molecule has 0 aromatic heterocycles. The molecule has 1 heterocycles. The van der Waals surface area contributed by atoms with Gasteiger partial charge in [0.05, 0.1) is 34.1 Å². The molecule has 0 aliphatic carbocycles. The van der Waals surface area contributed by atoms with Crippen molar-refractivity contribution in [3.05, 3.63) is 82.9 Å². The van der Waals surface area contributed by atoms with Crippen LogP contribution in [0.3, 0.4) is 0 Å². The van der Waals surface area contributed by atoms with E-state index in [0.29, 0.717) is 21.8 Å². The minimum Gasteiger partial charge on any atom is -0.335 e. The molecule has 0 N–H and O–H groups in total. The van der Waals surface area contributed by atoms with Crippen LogP contribution in [0.4, 0.5) is 37.7 Å². The lowest BCUT2D eigenvalue weighted by Crippen LogP contribution is -2.21. The molecular weight excluding hydrogens is 438 g/mol. The standard InChI is InChI=1S/C22H12F6N2S/c23-21(24,25)15-7-14(8-16(10-15)22(26,27)28)12-30-17-3-1-2-4-19(17)31-20-9-13(11-29)5-6-18(20)30/h1-10H,12H2. The molecule has 1 aliphatic rings. The van der Waals surface area contributed by atoms with Crippen molar-refractivity contribution in [2.75, 3.05) is 4.90 Å². The van der Waals surface area contributed by atoms with Crippen LogP contribution < -0.4 is 4.90 Å². The maximum atomic E-state index is 13.3. The van der Waals surface area contributed by atoms with Gasteiger partial charge in [-0.15, -0.1) is 0 Å².